The highest BCUT2D eigenvalue weighted by atomic mass is 35.5. The van der Waals surface area contributed by atoms with Crippen molar-refractivity contribution in [2.24, 2.45) is 0 Å². The van der Waals surface area contributed by atoms with Gasteiger partial charge in [-0.2, -0.15) is 0 Å². The lowest BCUT2D eigenvalue weighted by Gasteiger charge is -2.34. The molecule has 0 unspecified atom stereocenters. The maximum Gasteiger partial charge on any atom is 0.248 e. The topological polar surface area (TPSA) is 114 Å². The van der Waals surface area contributed by atoms with Crippen LogP contribution in [0.3, 0.4) is 0 Å². The van der Waals surface area contributed by atoms with Crippen LogP contribution in [0.1, 0.15) is 51.0 Å². The van der Waals surface area contributed by atoms with Crippen LogP contribution in [0.4, 0.5) is 11.5 Å². The molecule has 0 fully saturated rings. The van der Waals surface area contributed by atoms with Crippen molar-refractivity contribution in [1.29, 1.82) is 0 Å². The van der Waals surface area contributed by atoms with Gasteiger partial charge >= 0.3 is 0 Å². The summed E-state index contributed by atoms with van der Waals surface area (Å²) >= 11 is 6.09. The van der Waals surface area contributed by atoms with Gasteiger partial charge in [0.15, 0.2) is 5.82 Å². The second-order valence-electron chi connectivity index (χ2n) is 9.53. The van der Waals surface area contributed by atoms with Gasteiger partial charge in [0, 0.05) is 35.2 Å². The van der Waals surface area contributed by atoms with E-state index in [0.29, 0.717) is 27.8 Å². The number of aromatic nitrogens is 1. The summed E-state index contributed by atoms with van der Waals surface area (Å²) in [6.45, 7) is 7.29. The average molecular weight is 527 g/mol. The number of ether oxygens (including phenoxy) is 1. The number of nitrogens with zero attached hydrogens (tertiary/aromatic N) is 2. The summed E-state index contributed by atoms with van der Waals surface area (Å²) in [4.78, 5) is 41.2. The molecule has 10 heteroatoms. The summed E-state index contributed by atoms with van der Waals surface area (Å²) < 4.78 is 10.2. The summed E-state index contributed by atoms with van der Waals surface area (Å²) in [5.41, 5.74) is 0.492. The molecule has 37 heavy (non-hydrogen) atoms. The van der Waals surface area contributed by atoms with Crippen molar-refractivity contribution >= 4 is 40.8 Å². The third kappa shape index (κ3) is 7.82. The summed E-state index contributed by atoms with van der Waals surface area (Å²) in [6, 6.07) is 14.1. The van der Waals surface area contributed by atoms with E-state index in [1.54, 1.807) is 68.6 Å². The van der Waals surface area contributed by atoms with Gasteiger partial charge in [0.2, 0.25) is 17.7 Å². The van der Waals surface area contributed by atoms with Crippen molar-refractivity contribution < 1.29 is 23.6 Å². The van der Waals surface area contributed by atoms with E-state index in [4.69, 9.17) is 20.9 Å². The quantitative estimate of drug-likeness (QED) is 0.403. The van der Waals surface area contributed by atoms with Crippen molar-refractivity contribution in [1.82, 2.24) is 10.5 Å². The van der Waals surface area contributed by atoms with E-state index >= 15 is 0 Å². The third-order valence-electron chi connectivity index (χ3n) is 5.27. The van der Waals surface area contributed by atoms with Crippen LogP contribution in [0.5, 0.6) is 5.75 Å². The normalized spacial score (nSPS) is 11.9. The van der Waals surface area contributed by atoms with Gasteiger partial charge in [0.1, 0.15) is 17.6 Å². The van der Waals surface area contributed by atoms with Crippen molar-refractivity contribution in [3.8, 4) is 5.75 Å². The van der Waals surface area contributed by atoms with Crippen LogP contribution >= 0.6 is 11.6 Å². The zero-order valence-electron chi connectivity index (χ0n) is 21.5. The number of hydrogen-bond acceptors (Lipinski definition) is 6. The maximum atomic E-state index is 13.7. The molecule has 0 bridgehead atoms. The number of amides is 3. The molecule has 0 aliphatic carbocycles. The van der Waals surface area contributed by atoms with Gasteiger partial charge in [-0.15, -0.1) is 0 Å². The smallest absolute Gasteiger partial charge is 0.248 e. The van der Waals surface area contributed by atoms with E-state index in [1.807, 2.05) is 20.8 Å². The van der Waals surface area contributed by atoms with E-state index in [-0.39, 0.29) is 24.6 Å². The third-order valence-corrected chi connectivity index (χ3v) is 5.52. The second kappa shape index (κ2) is 11.9. The fraction of sp³-hybridized carbons (Fsp3) is 0.333. The van der Waals surface area contributed by atoms with E-state index in [2.05, 4.69) is 15.8 Å². The molecular formula is C27H31ClN4O5. The van der Waals surface area contributed by atoms with Crippen LogP contribution in [0, 0.1) is 6.92 Å². The van der Waals surface area contributed by atoms with Crippen LogP contribution in [-0.2, 0) is 14.4 Å². The zero-order valence-corrected chi connectivity index (χ0v) is 22.3. The Kier molecular flexibility index (Phi) is 8.94. The number of methoxy groups -OCH3 is 1. The Labute approximate surface area is 221 Å². The molecule has 3 amide bonds. The maximum absolute atomic E-state index is 13.7. The van der Waals surface area contributed by atoms with Crippen molar-refractivity contribution in [2.75, 3.05) is 17.3 Å². The minimum atomic E-state index is -1.01. The van der Waals surface area contributed by atoms with Crippen LogP contribution in [-0.4, -0.2) is 35.5 Å². The van der Waals surface area contributed by atoms with Gasteiger partial charge in [-0.05, 0) is 69.7 Å². The number of anilines is 2. The summed E-state index contributed by atoms with van der Waals surface area (Å²) in [5, 5.41) is 9.80. The zero-order chi connectivity index (χ0) is 27.2. The standard InChI is InChI=1S/C27H31ClN4O5/c1-17-16-22(31-37-17)29-23(33)14-15-24(34)32(20-10-8-19(28)9-11-20)25(26(35)30-27(2,3)4)18-6-12-21(36-5)13-7-18/h6-13,16,25H,14-15H2,1-5H3,(H,30,35)(H,29,31,33)/t25-/m1/s1. The van der Waals surface area contributed by atoms with Gasteiger partial charge in [-0.3, -0.25) is 19.3 Å². The first-order chi connectivity index (χ1) is 17.5. The Hall–Kier alpha value is -3.85. The molecular weight excluding hydrogens is 496 g/mol. The van der Waals surface area contributed by atoms with Gasteiger partial charge in [-0.25, -0.2) is 0 Å². The van der Waals surface area contributed by atoms with Crippen LogP contribution in [0.25, 0.3) is 0 Å². The first-order valence-electron chi connectivity index (χ1n) is 11.7. The molecule has 0 radical (unpaired) electrons. The molecule has 0 aliphatic heterocycles. The molecule has 0 saturated heterocycles. The monoisotopic (exact) mass is 526 g/mol. The van der Waals surface area contributed by atoms with E-state index in [9.17, 15) is 14.4 Å². The Morgan fingerprint density at radius 2 is 1.70 bits per heavy atom. The molecule has 2 aromatic carbocycles. The first kappa shape index (κ1) is 27.7. The molecule has 9 nitrogen and oxygen atoms in total. The largest absolute Gasteiger partial charge is 0.497 e. The van der Waals surface area contributed by atoms with Crippen molar-refractivity contribution in [3.63, 3.8) is 0 Å². The van der Waals surface area contributed by atoms with E-state index in [0.717, 1.165) is 0 Å². The van der Waals surface area contributed by atoms with Gasteiger partial charge in [0.05, 0.1) is 7.11 Å². The number of rotatable bonds is 9. The number of carbonyl (C=O) groups is 3. The van der Waals surface area contributed by atoms with Crippen LogP contribution in [0.2, 0.25) is 5.02 Å². The number of nitrogens with one attached hydrogen (secondary N) is 2. The molecule has 1 aromatic heterocycles. The fourth-order valence-electron chi connectivity index (χ4n) is 3.65. The molecule has 3 rings (SSSR count). The lowest BCUT2D eigenvalue weighted by atomic mass is 10.00. The molecule has 0 aliphatic rings. The fourth-order valence-corrected chi connectivity index (χ4v) is 3.78. The number of carbonyl (C=O) groups excluding carboxylic acids is 3. The van der Waals surface area contributed by atoms with Crippen LogP contribution in [0.15, 0.2) is 59.1 Å². The van der Waals surface area contributed by atoms with Gasteiger partial charge in [-0.1, -0.05) is 28.9 Å². The number of aryl methyl sites for hydroxylation is 1. The molecule has 3 aromatic rings. The number of hydrogen-bond donors (Lipinski definition) is 2. The van der Waals surface area contributed by atoms with E-state index < -0.39 is 23.4 Å². The summed E-state index contributed by atoms with van der Waals surface area (Å²) in [5.74, 6) is 0.237. The van der Waals surface area contributed by atoms with Crippen molar-refractivity contribution in [2.45, 2.75) is 52.1 Å². The average Bonchev–Trinajstić information content (AvgIpc) is 3.25. The Balaban J connectivity index is 1.95. The minimum absolute atomic E-state index is 0.120. The second-order valence-corrected chi connectivity index (χ2v) is 9.96. The van der Waals surface area contributed by atoms with Crippen LogP contribution < -0.4 is 20.3 Å². The highest BCUT2D eigenvalue weighted by molar-refractivity contribution is 6.30. The predicted octanol–water partition coefficient (Wildman–Crippen LogP) is 5.05. The Morgan fingerprint density at radius 3 is 2.24 bits per heavy atom. The molecule has 2 N–H and O–H groups in total. The number of halogens is 1. The Bertz CT molecular complexity index is 1230. The van der Waals surface area contributed by atoms with Gasteiger partial charge in [0.25, 0.3) is 0 Å². The molecule has 1 atom stereocenters. The van der Waals surface area contributed by atoms with Gasteiger partial charge < -0.3 is 19.9 Å². The molecule has 1 heterocycles. The molecule has 196 valence electrons. The van der Waals surface area contributed by atoms with E-state index in [1.165, 1.54) is 4.90 Å². The highest BCUT2D eigenvalue weighted by Crippen LogP contribution is 2.31. The van der Waals surface area contributed by atoms with Crippen molar-refractivity contribution in [3.05, 3.63) is 70.9 Å². The lowest BCUT2D eigenvalue weighted by Crippen LogP contribution is -2.49. The Morgan fingerprint density at radius 1 is 1.05 bits per heavy atom. The summed E-state index contributed by atoms with van der Waals surface area (Å²) in [7, 11) is 1.55. The summed E-state index contributed by atoms with van der Waals surface area (Å²) in [6.07, 6.45) is -0.272. The molecule has 0 spiro atoms. The first-order valence-corrected chi connectivity index (χ1v) is 12.1. The SMILES string of the molecule is COc1ccc([C@H](C(=O)NC(C)(C)C)N(C(=O)CCC(=O)Nc2cc(C)on2)c2ccc(Cl)cc2)cc1. The lowest BCUT2D eigenvalue weighted by molar-refractivity contribution is -0.128. The predicted molar refractivity (Wildman–Crippen MR) is 142 cm³/mol. The number of benzene rings is 2. The minimum Gasteiger partial charge on any atom is -0.497 e. The highest BCUT2D eigenvalue weighted by Gasteiger charge is 2.34. The molecule has 0 saturated carbocycles.